The van der Waals surface area contributed by atoms with Crippen LogP contribution in [0.15, 0.2) is 35.4 Å². The van der Waals surface area contributed by atoms with Crippen molar-refractivity contribution < 1.29 is 9.53 Å². The lowest BCUT2D eigenvalue weighted by Crippen LogP contribution is -2.32. The Balaban J connectivity index is 1.91. The number of esters is 1. The van der Waals surface area contributed by atoms with Gasteiger partial charge in [-0.05, 0) is 18.9 Å². The van der Waals surface area contributed by atoms with Crippen molar-refractivity contribution in [1.82, 2.24) is 5.43 Å². The summed E-state index contributed by atoms with van der Waals surface area (Å²) in [5, 5.41) is 4.12. The second-order valence-corrected chi connectivity index (χ2v) is 4.99. The Hall–Kier alpha value is -2.28. The molecule has 0 bridgehead atoms. The summed E-state index contributed by atoms with van der Waals surface area (Å²) in [5.74, 6) is 2.15. The Kier molecular flexibility index (Phi) is 4.41. The van der Waals surface area contributed by atoms with E-state index in [4.69, 9.17) is 11.2 Å². The highest BCUT2D eigenvalue weighted by Gasteiger charge is 2.36. The number of hydrazone groups is 1. The van der Waals surface area contributed by atoms with Crippen molar-refractivity contribution >= 4 is 11.7 Å². The summed E-state index contributed by atoms with van der Waals surface area (Å²) < 4.78 is 5.15. The number of unbranched alkanes of at least 4 members (excludes halogenated alkanes) is 1. The summed E-state index contributed by atoms with van der Waals surface area (Å²) >= 11 is 0. The number of benzene rings is 1. The lowest BCUT2D eigenvalue weighted by molar-refractivity contribution is -0.135. The molecule has 4 nitrogen and oxygen atoms in total. The predicted molar refractivity (Wildman–Crippen MR) is 78.0 cm³/mol. The molecule has 1 aliphatic heterocycles. The van der Waals surface area contributed by atoms with Gasteiger partial charge in [0, 0.05) is 12.8 Å². The lowest BCUT2D eigenvalue weighted by Gasteiger charge is -2.23. The van der Waals surface area contributed by atoms with Gasteiger partial charge in [-0.25, -0.2) is 4.79 Å². The number of carbonyl (C=O) groups is 1. The van der Waals surface area contributed by atoms with Crippen LogP contribution in [0.5, 0.6) is 0 Å². The summed E-state index contributed by atoms with van der Waals surface area (Å²) in [4.78, 5) is 11.9. The molecule has 0 saturated carbocycles. The average Bonchev–Trinajstić information content (AvgIpc) is 2.88. The normalized spacial score (nSPS) is 20.7. The summed E-state index contributed by atoms with van der Waals surface area (Å²) in [6.45, 7) is 2.36. The summed E-state index contributed by atoms with van der Waals surface area (Å²) in [5.41, 5.74) is 4.21. The molecule has 0 saturated heterocycles. The Morgan fingerprint density at radius 3 is 2.95 bits per heavy atom. The van der Waals surface area contributed by atoms with E-state index in [0.717, 1.165) is 5.56 Å². The van der Waals surface area contributed by atoms with Crippen molar-refractivity contribution in [3.63, 3.8) is 0 Å². The fourth-order valence-electron chi connectivity index (χ4n) is 2.12. The number of nitrogens with one attached hydrogen (secondary N) is 1. The number of carbonyl (C=O) groups excluding carboxylic acids is 1. The van der Waals surface area contributed by atoms with Crippen molar-refractivity contribution in [3.8, 4) is 12.3 Å². The lowest BCUT2D eigenvalue weighted by atomic mass is 9.88. The van der Waals surface area contributed by atoms with Gasteiger partial charge in [0.15, 0.2) is 0 Å². The Morgan fingerprint density at radius 1 is 1.50 bits per heavy atom. The molecule has 0 spiro atoms. The quantitative estimate of drug-likeness (QED) is 0.507. The number of hydrogen-bond donors (Lipinski definition) is 1. The van der Waals surface area contributed by atoms with Crippen molar-refractivity contribution in [2.75, 3.05) is 6.61 Å². The van der Waals surface area contributed by atoms with Gasteiger partial charge in [0.25, 0.3) is 0 Å². The predicted octanol–water partition coefficient (Wildman–Crippen LogP) is 2.21. The number of hydrogen-bond acceptors (Lipinski definition) is 4. The van der Waals surface area contributed by atoms with E-state index in [1.165, 1.54) is 0 Å². The van der Waals surface area contributed by atoms with E-state index in [1.54, 1.807) is 0 Å². The van der Waals surface area contributed by atoms with Gasteiger partial charge in [-0.15, -0.1) is 12.3 Å². The minimum Gasteiger partial charge on any atom is -0.461 e. The van der Waals surface area contributed by atoms with Gasteiger partial charge >= 0.3 is 5.97 Å². The first-order valence-electron chi connectivity index (χ1n) is 6.65. The first-order valence-corrected chi connectivity index (χ1v) is 6.65. The fourth-order valence-corrected chi connectivity index (χ4v) is 2.12. The topological polar surface area (TPSA) is 50.7 Å². The third-order valence-corrected chi connectivity index (χ3v) is 3.30. The number of nitrogens with zero attached hydrogens (tertiary/aromatic N) is 1. The standard InChI is InChI=1S/C16H18N2O2/c1-3-4-8-11-20-15(19)14-12-16(2,18-17-14)13-9-6-5-7-10-13/h1,5-7,9-10,18H,4,8,11-12H2,2H3. The Bertz CT molecular complexity index is 545. The van der Waals surface area contributed by atoms with Crippen LogP contribution in [0.25, 0.3) is 0 Å². The van der Waals surface area contributed by atoms with Gasteiger partial charge in [0.2, 0.25) is 0 Å². The average molecular weight is 270 g/mol. The molecule has 1 atom stereocenters. The largest absolute Gasteiger partial charge is 0.461 e. The maximum atomic E-state index is 11.9. The van der Waals surface area contributed by atoms with Crippen LogP contribution >= 0.6 is 0 Å². The Labute approximate surface area is 119 Å². The zero-order chi connectivity index (χ0) is 14.4. The van der Waals surface area contributed by atoms with Gasteiger partial charge in [-0.2, -0.15) is 5.10 Å². The molecule has 1 aromatic carbocycles. The van der Waals surface area contributed by atoms with Crippen LogP contribution in [-0.4, -0.2) is 18.3 Å². The van der Waals surface area contributed by atoms with Crippen molar-refractivity contribution in [3.05, 3.63) is 35.9 Å². The first-order chi connectivity index (χ1) is 9.65. The monoisotopic (exact) mass is 270 g/mol. The third kappa shape index (κ3) is 3.18. The van der Waals surface area contributed by atoms with E-state index >= 15 is 0 Å². The first kappa shape index (κ1) is 14.1. The number of rotatable bonds is 5. The van der Waals surface area contributed by atoms with Gasteiger partial charge in [0.05, 0.1) is 12.1 Å². The molecule has 4 heteroatoms. The molecule has 1 aliphatic rings. The maximum Gasteiger partial charge on any atom is 0.354 e. The molecule has 0 radical (unpaired) electrons. The maximum absolute atomic E-state index is 11.9. The molecule has 0 aliphatic carbocycles. The molecule has 1 aromatic rings. The van der Waals surface area contributed by atoms with Crippen LogP contribution in [0.1, 0.15) is 31.7 Å². The van der Waals surface area contributed by atoms with Crippen LogP contribution in [0.4, 0.5) is 0 Å². The smallest absolute Gasteiger partial charge is 0.354 e. The molecule has 0 fully saturated rings. The molecule has 1 unspecified atom stereocenters. The highest BCUT2D eigenvalue weighted by molar-refractivity contribution is 6.37. The molecule has 104 valence electrons. The van der Waals surface area contributed by atoms with Crippen molar-refractivity contribution in [2.45, 2.75) is 31.7 Å². The molecular formula is C16H18N2O2. The molecule has 1 N–H and O–H groups in total. The minimum absolute atomic E-state index is 0.337. The van der Waals surface area contributed by atoms with E-state index in [-0.39, 0.29) is 11.5 Å². The summed E-state index contributed by atoms with van der Waals surface area (Å²) in [6, 6.07) is 9.94. The van der Waals surface area contributed by atoms with E-state index in [2.05, 4.69) is 16.4 Å². The van der Waals surface area contributed by atoms with Gasteiger partial charge in [-0.3, -0.25) is 5.43 Å². The molecular weight excluding hydrogens is 252 g/mol. The minimum atomic E-state index is -0.367. The van der Waals surface area contributed by atoms with Crippen LogP contribution < -0.4 is 5.43 Å². The molecule has 2 rings (SSSR count). The fraction of sp³-hybridized carbons (Fsp3) is 0.375. The van der Waals surface area contributed by atoms with E-state index in [0.29, 0.717) is 31.6 Å². The SMILES string of the molecule is C#CCCCOC(=O)C1=NNC(C)(c2ccccc2)C1. The highest BCUT2D eigenvalue weighted by Crippen LogP contribution is 2.29. The van der Waals surface area contributed by atoms with Gasteiger partial charge in [-0.1, -0.05) is 30.3 Å². The number of terminal acetylenes is 1. The van der Waals surface area contributed by atoms with Crippen molar-refractivity contribution in [1.29, 1.82) is 0 Å². The van der Waals surface area contributed by atoms with Crippen LogP contribution in [0.3, 0.4) is 0 Å². The highest BCUT2D eigenvalue weighted by atomic mass is 16.5. The zero-order valence-electron chi connectivity index (χ0n) is 11.6. The number of ether oxygens (including phenoxy) is 1. The van der Waals surface area contributed by atoms with E-state index in [1.807, 2.05) is 37.3 Å². The second-order valence-electron chi connectivity index (χ2n) is 4.99. The van der Waals surface area contributed by atoms with Gasteiger partial charge in [0.1, 0.15) is 5.71 Å². The van der Waals surface area contributed by atoms with E-state index in [9.17, 15) is 4.79 Å². The Morgan fingerprint density at radius 2 is 2.25 bits per heavy atom. The third-order valence-electron chi connectivity index (χ3n) is 3.30. The van der Waals surface area contributed by atoms with Crippen LogP contribution in [0, 0.1) is 12.3 Å². The van der Waals surface area contributed by atoms with Crippen molar-refractivity contribution in [2.24, 2.45) is 5.10 Å². The second kappa shape index (κ2) is 6.25. The summed E-state index contributed by atoms with van der Waals surface area (Å²) in [7, 11) is 0. The van der Waals surface area contributed by atoms with Crippen LogP contribution in [-0.2, 0) is 15.1 Å². The molecule has 0 aromatic heterocycles. The molecule has 1 heterocycles. The molecule has 0 amide bonds. The van der Waals surface area contributed by atoms with E-state index < -0.39 is 0 Å². The summed E-state index contributed by atoms with van der Waals surface area (Å²) in [6.07, 6.45) is 6.95. The van der Waals surface area contributed by atoms with Crippen LogP contribution in [0.2, 0.25) is 0 Å². The molecule has 20 heavy (non-hydrogen) atoms. The zero-order valence-corrected chi connectivity index (χ0v) is 11.6. The van der Waals surface area contributed by atoms with Gasteiger partial charge < -0.3 is 4.74 Å².